The van der Waals surface area contributed by atoms with Gasteiger partial charge in [-0.25, -0.2) is 13.2 Å². The molecule has 0 unspecified atom stereocenters. The molecule has 3 heterocycles. The van der Waals surface area contributed by atoms with Crippen molar-refractivity contribution in [2.45, 2.75) is 36.6 Å². The Bertz CT molecular complexity index is 1300. The van der Waals surface area contributed by atoms with Crippen molar-refractivity contribution in [2.75, 3.05) is 26.2 Å². The van der Waals surface area contributed by atoms with Crippen molar-refractivity contribution in [3.8, 4) is 0 Å². The first-order valence-corrected chi connectivity index (χ1v) is 12.5. The van der Waals surface area contributed by atoms with Gasteiger partial charge < -0.3 is 9.88 Å². The van der Waals surface area contributed by atoms with Gasteiger partial charge in [0.15, 0.2) is 0 Å². The van der Waals surface area contributed by atoms with E-state index in [4.69, 9.17) is 0 Å². The molecule has 0 aliphatic carbocycles. The summed E-state index contributed by atoms with van der Waals surface area (Å²) >= 11 is 0. The molecule has 0 spiro atoms. The van der Waals surface area contributed by atoms with Gasteiger partial charge in [0.1, 0.15) is 0 Å². The number of para-hydroxylation sites is 2. The fourth-order valence-electron chi connectivity index (χ4n) is 4.79. The number of rotatable bonds is 4. The Labute approximate surface area is 186 Å². The fourth-order valence-corrected chi connectivity index (χ4v) is 6.31. The molecular formula is C23H26N4O4S. The van der Waals surface area contributed by atoms with Crippen LogP contribution in [0.5, 0.6) is 0 Å². The van der Waals surface area contributed by atoms with E-state index in [9.17, 15) is 18.0 Å². The monoisotopic (exact) mass is 454 g/mol. The van der Waals surface area contributed by atoms with Crippen molar-refractivity contribution in [1.29, 1.82) is 0 Å². The van der Waals surface area contributed by atoms with Gasteiger partial charge in [-0.05, 0) is 62.1 Å². The molecule has 0 radical (unpaired) electrons. The molecule has 0 atom stereocenters. The van der Waals surface area contributed by atoms with E-state index in [-0.39, 0.29) is 22.5 Å². The maximum absolute atomic E-state index is 13.0. The molecule has 5 rings (SSSR count). The molecule has 2 aliphatic rings. The van der Waals surface area contributed by atoms with E-state index in [1.165, 1.54) is 16.4 Å². The second-order valence-electron chi connectivity index (χ2n) is 8.48. The zero-order valence-corrected chi connectivity index (χ0v) is 18.6. The van der Waals surface area contributed by atoms with Gasteiger partial charge in [0.25, 0.3) is 5.91 Å². The molecule has 9 heteroatoms. The van der Waals surface area contributed by atoms with Gasteiger partial charge in [-0.3, -0.25) is 9.36 Å². The molecule has 2 aliphatic heterocycles. The molecule has 2 fully saturated rings. The lowest BCUT2D eigenvalue weighted by Gasteiger charge is -2.32. The van der Waals surface area contributed by atoms with Crippen LogP contribution in [0.1, 0.15) is 42.1 Å². The van der Waals surface area contributed by atoms with Gasteiger partial charge in [-0.2, -0.15) is 4.31 Å². The van der Waals surface area contributed by atoms with Crippen LogP contribution in [0.15, 0.2) is 58.2 Å². The topological polar surface area (TPSA) is 95.5 Å². The van der Waals surface area contributed by atoms with Crippen molar-refractivity contribution in [3.05, 3.63) is 64.6 Å². The lowest BCUT2D eigenvalue weighted by atomic mass is 10.0. The minimum absolute atomic E-state index is 0.0377. The second kappa shape index (κ2) is 8.22. The van der Waals surface area contributed by atoms with Gasteiger partial charge in [0.2, 0.25) is 10.0 Å². The second-order valence-corrected chi connectivity index (χ2v) is 10.4. The smallest absolute Gasteiger partial charge is 0.326 e. The summed E-state index contributed by atoms with van der Waals surface area (Å²) in [5.74, 6) is -0.111. The molecule has 8 nitrogen and oxygen atoms in total. The number of aromatic nitrogens is 2. The number of piperidine rings is 1. The SMILES string of the molecule is O=C(c1ccc(S(=O)(=O)N2CCCC2)cc1)N1CCC(n2c(=O)[nH]c3ccccc32)CC1. The lowest BCUT2D eigenvalue weighted by Crippen LogP contribution is -2.40. The third-order valence-corrected chi connectivity index (χ3v) is 8.46. The standard InChI is InChI=1S/C23H26N4O4S/c28-22(17-7-9-19(10-8-17)32(30,31)26-13-3-4-14-26)25-15-11-18(12-16-25)27-21-6-2-1-5-20(21)24-23(27)29/h1-2,5-10,18H,3-4,11-16H2,(H,24,29). The van der Waals surface area contributed by atoms with E-state index in [1.54, 1.807) is 21.6 Å². The van der Waals surface area contributed by atoms with Gasteiger partial charge in [0, 0.05) is 37.8 Å². The molecule has 0 saturated carbocycles. The van der Waals surface area contributed by atoms with Crippen LogP contribution in [-0.4, -0.2) is 59.3 Å². The highest BCUT2D eigenvalue weighted by Gasteiger charge is 2.29. The van der Waals surface area contributed by atoms with Crippen LogP contribution in [0.2, 0.25) is 0 Å². The predicted octanol–water partition coefficient (Wildman–Crippen LogP) is 2.59. The van der Waals surface area contributed by atoms with Crippen molar-refractivity contribution in [1.82, 2.24) is 18.8 Å². The summed E-state index contributed by atoms with van der Waals surface area (Å²) in [5, 5.41) is 0. The maximum Gasteiger partial charge on any atom is 0.326 e. The molecule has 3 aromatic rings. The van der Waals surface area contributed by atoms with Gasteiger partial charge in [0.05, 0.1) is 15.9 Å². The number of fused-ring (bicyclic) bond motifs is 1. The number of sulfonamides is 1. The highest BCUT2D eigenvalue weighted by molar-refractivity contribution is 7.89. The summed E-state index contributed by atoms with van der Waals surface area (Å²) in [4.78, 5) is 30.3. The summed E-state index contributed by atoms with van der Waals surface area (Å²) in [6.45, 7) is 2.20. The fraction of sp³-hybridized carbons (Fsp3) is 0.391. The van der Waals surface area contributed by atoms with Crippen LogP contribution in [0, 0.1) is 0 Å². The number of carbonyl (C=O) groups excluding carboxylic acids is 1. The summed E-state index contributed by atoms with van der Waals surface area (Å²) in [7, 11) is -3.49. The molecule has 1 N–H and O–H groups in total. The van der Waals surface area contributed by atoms with Crippen LogP contribution in [0.25, 0.3) is 11.0 Å². The highest BCUT2D eigenvalue weighted by Crippen LogP contribution is 2.26. The summed E-state index contributed by atoms with van der Waals surface area (Å²) < 4.78 is 28.7. The number of amides is 1. The Hall–Kier alpha value is -2.91. The number of H-pyrrole nitrogens is 1. The van der Waals surface area contributed by atoms with E-state index < -0.39 is 10.0 Å². The number of aromatic amines is 1. The van der Waals surface area contributed by atoms with E-state index in [0.29, 0.717) is 44.6 Å². The Morgan fingerprint density at radius 1 is 0.906 bits per heavy atom. The number of hydrogen-bond acceptors (Lipinski definition) is 4. The van der Waals surface area contributed by atoms with Gasteiger partial charge in [-0.15, -0.1) is 0 Å². The molecule has 2 aromatic carbocycles. The van der Waals surface area contributed by atoms with Crippen LogP contribution in [-0.2, 0) is 10.0 Å². The molecule has 1 aromatic heterocycles. The number of carbonyl (C=O) groups is 1. The van der Waals surface area contributed by atoms with E-state index in [1.807, 2.05) is 24.3 Å². The molecule has 32 heavy (non-hydrogen) atoms. The largest absolute Gasteiger partial charge is 0.338 e. The Morgan fingerprint density at radius 2 is 1.56 bits per heavy atom. The maximum atomic E-state index is 13.0. The van der Waals surface area contributed by atoms with E-state index in [2.05, 4.69) is 4.98 Å². The Morgan fingerprint density at radius 3 is 2.25 bits per heavy atom. The zero-order chi connectivity index (χ0) is 22.3. The van der Waals surface area contributed by atoms with Crippen LogP contribution < -0.4 is 5.69 Å². The average molecular weight is 455 g/mol. The molecule has 0 bridgehead atoms. The van der Waals surface area contributed by atoms with Crippen LogP contribution in [0.3, 0.4) is 0 Å². The van der Waals surface area contributed by atoms with E-state index in [0.717, 1.165) is 23.9 Å². The summed E-state index contributed by atoms with van der Waals surface area (Å²) in [6, 6.07) is 13.9. The Kier molecular flexibility index (Phi) is 5.38. The molecule has 2 saturated heterocycles. The summed E-state index contributed by atoms with van der Waals surface area (Å²) in [5.41, 5.74) is 2.07. The predicted molar refractivity (Wildman–Crippen MR) is 121 cm³/mol. The molecule has 1 amide bonds. The number of likely N-dealkylation sites (tertiary alicyclic amines) is 1. The van der Waals surface area contributed by atoms with Crippen molar-refractivity contribution >= 4 is 27.0 Å². The third kappa shape index (κ3) is 3.65. The van der Waals surface area contributed by atoms with Crippen molar-refractivity contribution < 1.29 is 13.2 Å². The minimum Gasteiger partial charge on any atom is -0.338 e. The lowest BCUT2D eigenvalue weighted by molar-refractivity contribution is 0.0695. The number of nitrogens with one attached hydrogen (secondary N) is 1. The number of nitrogens with zero attached hydrogens (tertiary/aromatic N) is 3. The van der Waals surface area contributed by atoms with Crippen molar-refractivity contribution in [3.63, 3.8) is 0 Å². The third-order valence-electron chi connectivity index (χ3n) is 6.54. The number of benzene rings is 2. The quantitative estimate of drug-likeness (QED) is 0.656. The summed E-state index contributed by atoms with van der Waals surface area (Å²) in [6.07, 6.45) is 3.15. The minimum atomic E-state index is -3.49. The Balaban J connectivity index is 1.27. The molecule has 168 valence electrons. The molecular weight excluding hydrogens is 428 g/mol. The first-order chi connectivity index (χ1) is 15.4. The van der Waals surface area contributed by atoms with Crippen molar-refractivity contribution in [2.24, 2.45) is 0 Å². The number of imidazole rings is 1. The van der Waals surface area contributed by atoms with Crippen LogP contribution >= 0.6 is 0 Å². The normalized spacial score (nSPS) is 18.4. The first kappa shape index (κ1) is 21.0. The zero-order valence-electron chi connectivity index (χ0n) is 17.7. The van der Waals surface area contributed by atoms with Gasteiger partial charge >= 0.3 is 5.69 Å². The average Bonchev–Trinajstić information content (AvgIpc) is 3.47. The highest BCUT2D eigenvalue weighted by atomic mass is 32.2. The van der Waals surface area contributed by atoms with E-state index >= 15 is 0 Å². The van der Waals surface area contributed by atoms with Crippen LogP contribution in [0.4, 0.5) is 0 Å². The van der Waals surface area contributed by atoms with Gasteiger partial charge in [-0.1, -0.05) is 12.1 Å². The number of hydrogen-bond donors (Lipinski definition) is 1. The first-order valence-electron chi connectivity index (χ1n) is 11.0.